The van der Waals surface area contributed by atoms with Gasteiger partial charge in [-0.1, -0.05) is 42.5 Å². The lowest BCUT2D eigenvalue weighted by Gasteiger charge is -2.04. The van der Waals surface area contributed by atoms with Crippen molar-refractivity contribution >= 4 is 12.0 Å². The van der Waals surface area contributed by atoms with Gasteiger partial charge in [0.2, 0.25) is 5.91 Å². The van der Waals surface area contributed by atoms with Gasteiger partial charge in [-0.2, -0.15) is 0 Å². The predicted molar refractivity (Wildman–Crippen MR) is 85.2 cm³/mol. The molecule has 2 aromatic rings. The smallest absolute Gasteiger partial charge is 0.244 e. The molecule has 0 aliphatic heterocycles. The fraction of sp³-hybridized carbons (Fsp3) is 0.167. The number of nitrogens with one attached hydrogen (secondary N) is 1. The molecule has 3 nitrogen and oxygen atoms in total. The van der Waals surface area contributed by atoms with E-state index in [4.69, 9.17) is 4.74 Å². The first kappa shape index (κ1) is 14.9. The molecule has 2 aromatic carbocycles. The maximum absolute atomic E-state index is 11.7. The summed E-state index contributed by atoms with van der Waals surface area (Å²) in [6.45, 7) is 0.615. The van der Waals surface area contributed by atoms with E-state index in [9.17, 15) is 4.79 Å². The van der Waals surface area contributed by atoms with Crippen molar-refractivity contribution in [1.82, 2.24) is 5.32 Å². The SMILES string of the molecule is COc1ccc(CCNC(=O)/C=C/c2ccccc2)cc1. The van der Waals surface area contributed by atoms with Crippen LogP contribution in [-0.4, -0.2) is 19.6 Å². The predicted octanol–water partition coefficient (Wildman–Crippen LogP) is 3.07. The highest BCUT2D eigenvalue weighted by Gasteiger charge is 1.97. The summed E-state index contributed by atoms with van der Waals surface area (Å²) in [5, 5.41) is 2.87. The summed E-state index contributed by atoms with van der Waals surface area (Å²) >= 11 is 0. The first-order valence-corrected chi connectivity index (χ1v) is 6.92. The monoisotopic (exact) mass is 281 g/mol. The third kappa shape index (κ3) is 5.15. The van der Waals surface area contributed by atoms with E-state index in [1.165, 1.54) is 5.56 Å². The number of amides is 1. The molecule has 0 aliphatic rings. The van der Waals surface area contributed by atoms with E-state index in [1.54, 1.807) is 13.2 Å². The van der Waals surface area contributed by atoms with Gasteiger partial charge in [0, 0.05) is 12.6 Å². The third-order valence-corrected chi connectivity index (χ3v) is 3.10. The van der Waals surface area contributed by atoms with Crippen LogP contribution in [0.4, 0.5) is 0 Å². The molecule has 0 atom stereocenters. The largest absolute Gasteiger partial charge is 0.497 e. The highest BCUT2D eigenvalue weighted by atomic mass is 16.5. The van der Waals surface area contributed by atoms with Crippen LogP contribution in [0.5, 0.6) is 5.75 Å². The van der Waals surface area contributed by atoms with Gasteiger partial charge in [-0.25, -0.2) is 0 Å². The number of hydrogen-bond donors (Lipinski definition) is 1. The first-order valence-electron chi connectivity index (χ1n) is 6.92. The highest BCUT2D eigenvalue weighted by Crippen LogP contribution is 2.11. The first-order chi connectivity index (χ1) is 10.3. The van der Waals surface area contributed by atoms with E-state index in [2.05, 4.69) is 5.32 Å². The summed E-state index contributed by atoms with van der Waals surface area (Å²) < 4.78 is 5.11. The zero-order valence-corrected chi connectivity index (χ0v) is 12.1. The quantitative estimate of drug-likeness (QED) is 0.826. The number of carbonyl (C=O) groups excluding carboxylic acids is 1. The van der Waals surface area contributed by atoms with Crippen molar-refractivity contribution in [1.29, 1.82) is 0 Å². The van der Waals surface area contributed by atoms with E-state index >= 15 is 0 Å². The molecule has 3 heteroatoms. The summed E-state index contributed by atoms with van der Waals surface area (Å²) in [4.78, 5) is 11.7. The van der Waals surface area contributed by atoms with E-state index < -0.39 is 0 Å². The number of benzene rings is 2. The molecule has 0 saturated heterocycles. The highest BCUT2D eigenvalue weighted by molar-refractivity contribution is 5.91. The second-order valence-corrected chi connectivity index (χ2v) is 4.63. The van der Waals surface area contributed by atoms with E-state index in [1.807, 2.05) is 60.7 Å². The van der Waals surface area contributed by atoms with Crippen molar-refractivity contribution in [2.75, 3.05) is 13.7 Å². The lowest BCUT2D eigenvalue weighted by molar-refractivity contribution is -0.116. The Balaban J connectivity index is 1.75. The van der Waals surface area contributed by atoms with Crippen molar-refractivity contribution in [2.24, 2.45) is 0 Å². The Bertz CT molecular complexity index is 588. The Morgan fingerprint density at radius 1 is 1.10 bits per heavy atom. The molecule has 0 fully saturated rings. The molecule has 108 valence electrons. The topological polar surface area (TPSA) is 38.3 Å². The minimum atomic E-state index is -0.0765. The fourth-order valence-electron chi connectivity index (χ4n) is 1.92. The van der Waals surface area contributed by atoms with E-state index in [0.29, 0.717) is 6.54 Å². The van der Waals surface area contributed by atoms with Gasteiger partial charge in [-0.3, -0.25) is 4.79 Å². The van der Waals surface area contributed by atoms with Crippen LogP contribution in [0.15, 0.2) is 60.7 Å². The van der Waals surface area contributed by atoms with Crippen LogP contribution in [0.25, 0.3) is 6.08 Å². The van der Waals surface area contributed by atoms with Crippen LogP contribution < -0.4 is 10.1 Å². The van der Waals surface area contributed by atoms with E-state index in [-0.39, 0.29) is 5.91 Å². The van der Waals surface area contributed by atoms with Crippen molar-refractivity contribution in [2.45, 2.75) is 6.42 Å². The zero-order valence-electron chi connectivity index (χ0n) is 12.1. The second-order valence-electron chi connectivity index (χ2n) is 4.63. The number of carbonyl (C=O) groups is 1. The van der Waals surface area contributed by atoms with Gasteiger partial charge in [0.1, 0.15) is 5.75 Å². The van der Waals surface area contributed by atoms with Crippen LogP contribution in [0.3, 0.4) is 0 Å². The Labute approximate surface area is 125 Å². The molecule has 1 N–H and O–H groups in total. The Morgan fingerprint density at radius 3 is 2.48 bits per heavy atom. The maximum Gasteiger partial charge on any atom is 0.244 e. The van der Waals surface area contributed by atoms with Crippen molar-refractivity contribution in [3.63, 3.8) is 0 Å². The van der Waals surface area contributed by atoms with Crippen LogP contribution in [0, 0.1) is 0 Å². The summed E-state index contributed by atoms with van der Waals surface area (Å²) in [7, 11) is 1.65. The van der Waals surface area contributed by atoms with Gasteiger partial charge in [0.15, 0.2) is 0 Å². The fourth-order valence-corrected chi connectivity index (χ4v) is 1.92. The Kier molecular flexibility index (Phi) is 5.59. The molecule has 0 unspecified atom stereocenters. The van der Waals surface area contributed by atoms with Gasteiger partial charge in [-0.05, 0) is 35.8 Å². The van der Waals surface area contributed by atoms with Gasteiger partial charge >= 0.3 is 0 Å². The standard InChI is InChI=1S/C18H19NO2/c1-21-17-10-7-16(8-11-17)13-14-19-18(20)12-9-15-5-3-2-4-6-15/h2-12H,13-14H2,1H3,(H,19,20)/b12-9+. The van der Waals surface area contributed by atoms with E-state index in [0.717, 1.165) is 17.7 Å². The van der Waals surface area contributed by atoms with Gasteiger partial charge in [-0.15, -0.1) is 0 Å². The minimum Gasteiger partial charge on any atom is -0.497 e. The maximum atomic E-state index is 11.7. The molecule has 0 heterocycles. The molecule has 21 heavy (non-hydrogen) atoms. The molecular weight excluding hydrogens is 262 g/mol. The third-order valence-electron chi connectivity index (χ3n) is 3.10. The van der Waals surface area contributed by atoms with Crippen LogP contribution in [0.1, 0.15) is 11.1 Å². The van der Waals surface area contributed by atoms with Gasteiger partial charge < -0.3 is 10.1 Å². The number of ether oxygens (including phenoxy) is 1. The molecule has 1 amide bonds. The molecule has 0 saturated carbocycles. The molecular formula is C18H19NO2. The average Bonchev–Trinajstić information content (AvgIpc) is 2.54. The van der Waals surface area contributed by atoms with Crippen molar-refractivity contribution in [3.8, 4) is 5.75 Å². The summed E-state index contributed by atoms with van der Waals surface area (Å²) in [5.41, 5.74) is 2.19. The molecule has 0 aliphatic carbocycles. The second kappa shape index (κ2) is 7.90. The molecule has 2 rings (SSSR count). The zero-order chi connectivity index (χ0) is 14.9. The normalized spacial score (nSPS) is 10.5. The molecule has 0 bridgehead atoms. The van der Waals surface area contributed by atoms with Gasteiger partial charge in [0.25, 0.3) is 0 Å². The summed E-state index contributed by atoms with van der Waals surface area (Å²) in [6.07, 6.45) is 4.17. The van der Waals surface area contributed by atoms with Crippen LogP contribution in [-0.2, 0) is 11.2 Å². The lowest BCUT2D eigenvalue weighted by atomic mass is 10.1. The molecule has 0 radical (unpaired) electrons. The average molecular weight is 281 g/mol. The molecule has 0 aromatic heterocycles. The summed E-state index contributed by atoms with van der Waals surface area (Å²) in [6, 6.07) is 17.6. The van der Waals surface area contributed by atoms with Crippen molar-refractivity contribution in [3.05, 3.63) is 71.8 Å². The van der Waals surface area contributed by atoms with Crippen LogP contribution in [0.2, 0.25) is 0 Å². The number of rotatable bonds is 6. The lowest BCUT2D eigenvalue weighted by Crippen LogP contribution is -2.23. The minimum absolute atomic E-state index is 0.0765. The van der Waals surface area contributed by atoms with Crippen LogP contribution >= 0.6 is 0 Å². The molecule has 0 spiro atoms. The Morgan fingerprint density at radius 2 is 1.81 bits per heavy atom. The number of hydrogen-bond acceptors (Lipinski definition) is 2. The summed E-state index contributed by atoms with van der Waals surface area (Å²) in [5.74, 6) is 0.765. The number of methoxy groups -OCH3 is 1. The Hall–Kier alpha value is -2.55. The van der Waals surface area contributed by atoms with Gasteiger partial charge in [0.05, 0.1) is 7.11 Å². The van der Waals surface area contributed by atoms with Crippen molar-refractivity contribution < 1.29 is 9.53 Å².